The van der Waals surface area contributed by atoms with Gasteiger partial charge in [-0.2, -0.15) is 0 Å². The molecule has 4 aromatic carbocycles. The fraction of sp³-hybridized carbons (Fsp3) is 0.297. The number of halogens is 2. The monoisotopic (exact) mass is 691 g/mol. The van der Waals surface area contributed by atoms with Crippen molar-refractivity contribution in [2.75, 3.05) is 10.8 Å². The third kappa shape index (κ3) is 8.55. The van der Waals surface area contributed by atoms with E-state index in [0.717, 1.165) is 42.0 Å². The van der Waals surface area contributed by atoms with E-state index >= 15 is 0 Å². The zero-order valence-corrected chi connectivity index (χ0v) is 28.6. The highest BCUT2D eigenvalue weighted by atomic mass is 35.5. The SMILES string of the molecule is Cc1c(Cl)cccc1N(CC(=O)N(Cc1ccccc1Cl)C(Cc1ccccc1)C(=O)NC1CCCCC1)S(=O)(=O)c1ccccc1. The van der Waals surface area contributed by atoms with Crippen LogP contribution in [0.1, 0.15) is 48.8 Å². The van der Waals surface area contributed by atoms with Gasteiger partial charge in [-0.15, -0.1) is 0 Å². The Kier molecular flexibility index (Phi) is 11.6. The molecule has 0 aromatic heterocycles. The largest absolute Gasteiger partial charge is 0.352 e. The molecule has 2 amide bonds. The van der Waals surface area contributed by atoms with E-state index in [-0.39, 0.29) is 35.5 Å². The van der Waals surface area contributed by atoms with E-state index in [1.165, 1.54) is 17.0 Å². The minimum Gasteiger partial charge on any atom is -0.352 e. The number of rotatable bonds is 12. The maximum Gasteiger partial charge on any atom is 0.264 e. The summed E-state index contributed by atoms with van der Waals surface area (Å²) in [6, 6.07) is 28.7. The predicted molar refractivity (Wildman–Crippen MR) is 188 cm³/mol. The Bertz CT molecular complexity index is 1780. The van der Waals surface area contributed by atoms with Gasteiger partial charge in [0.15, 0.2) is 0 Å². The smallest absolute Gasteiger partial charge is 0.264 e. The van der Waals surface area contributed by atoms with Gasteiger partial charge < -0.3 is 10.2 Å². The van der Waals surface area contributed by atoms with Crippen molar-refractivity contribution in [3.63, 3.8) is 0 Å². The molecule has 1 unspecified atom stereocenters. The first-order valence-electron chi connectivity index (χ1n) is 15.8. The first-order chi connectivity index (χ1) is 22.6. The van der Waals surface area contributed by atoms with Gasteiger partial charge in [-0.3, -0.25) is 13.9 Å². The van der Waals surface area contributed by atoms with Crippen molar-refractivity contribution >= 4 is 50.7 Å². The predicted octanol–water partition coefficient (Wildman–Crippen LogP) is 7.59. The van der Waals surface area contributed by atoms with Gasteiger partial charge >= 0.3 is 0 Å². The molecular weight excluding hydrogens is 653 g/mol. The Morgan fingerprint density at radius 1 is 0.809 bits per heavy atom. The number of nitrogens with one attached hydrogen (secondary N) is 1. The van der Waals surface area contributed by atoms with Gasteiger partial charge in [-0.05, 0) is 66.8 Å². The van der Waals surface area contributed by atoms with E-state index < -0.39 is 28.5 Å². The van der Waals surface area contributed by atoms with Crippen LogP contribution in [0.15, 0.2) is 108 Å². The summed E-state index contributed by atoms with van der Waals surface area (Å²) < 4.78 is 29.6. The Balaban J connectivity index is 1.59. The molecule has 5 rings (SSSR count). The van der Waals surface area contributed by atoms with Crippen LogP contribution in [0.2, 0.25) is 10.0 Å². The van der Waals surface area contributed by atoms with Crippen LogP contribution in [0, 0.1) is 6.92 Å². The summed E-state index contributed by atoms with van der Waals surface area (Å²) in [6.07, 6.45) is 5.17. The topological polar surface area (TPSA) is 86.8 Å². The molecular formula is C37H39Cl2N3O4S. The Hall–Kier alpha value is -3.85. The molecule has 1 fully saturated rings. The zero-order valence-electron chi connectivity index (χ0n) is 26.3. The molecule has 1 saturated carbocycles. The number of sulfonamides is 1. The molecule has 0 radical (unpaired) electrons. The maximum atomic E-state index is 14.7. The van der Waals surface area contributed by atoms with Crippen molar-refractivity contribution in [1.29, 1.82) is 0 Å². The van der Waals surface area contributed by atoms with Gasteiger partial charge in [-0.25, -0.2) is 8.42 Å². The molecule has 1 atom stereocenters. The summed E-state index contributed by atoms with van der Waals surface area (Å²) in [7, 11) is -4.23. The van der Waals surface area contributed by atoms with Crippen LogP contribution in [0.4, 0.5) is 5.69 Å². The van der Waals surface area contributed by atoms with Gasteiger partial charge in [-0.1, -0.05) is 115 Å². The minimum atomic E-state index is -4.23. The molecule has 4 aromatic rings. The normalized spacial score (nSPS) is 14.3. The fourth-order valence-electron chi connectivity index (χ4n) is 6.01. The molecule has 10 heteroatoms. The third-order valence-corrected chi connectivity index (χ3v) is 11.2. The molecule has 1 N–H and O–H groups in total. The lowest BCUT2D eigenvalue weighted by Crippen LogP contribution is -2.55. The summed E-state index contributed by atoms with van der Waals surface area (Å²) in [5, 5.41) is 4.02. The first kappa shape index (κ1) is 34.5. The quantitative estimate of drug-likeness (QED) is 0.166. The number of hydrogen-bond acceptors (Lipinski definition) is 4. The number of carbonyl (C=O) groups is 2. The van der Waals surface area contributed by atoms with Gasteiger partial charge in [0.1, 0.15) is 12.6 Å². The summed E-state index contributed by atoms with van der Waals surface area (Å²) in [4.78, 5) is 30.4. The molecule has 1 aliphatic rings. The van der Waals surface area contributed by atoms with Crippen LogP contribution in [-0.4, -0.2) is 43.8 Å². The molecule has 7 nitrogen and oxygen atoms in total. The van der Waals surface area contributed by atoms with Crippen LogP contribution >= 0.6 is 23.2 Å². The van der Waals surface area contributed by atoms with Crippen molar-refractivity contribution in [3.8, 4) is 0 Å². The second-order valence-corrected chi connectivity index (χ2v) is 14.5. The molecule has 0 aliphatic heterocycles. The van der Waals surface area contributed by atoms with Crippen molar-refractivity contribution < 1.29 is 18.0 Å². The van der Waals surface area contributed by atoms with E-state index in [2.05, 4.69) is 5.32 Å². The van der Waals surface area contributed by atoms with E-state index in [4.69, 9.17) is 23.2 Å². The van der Waals surface area contributed by atoms with Crippen molar-refractivity contribution in [1.82, 2.24) is 10.2 Å². The highest BCUT2D eigenvalue weighted by Gasteiger charge is 2.36. The van der Waals surface area contributed by atoms with Gasteiger partial charge in [0.25, 0.3) is 10.0 Å². The number of anilines is 1. The molecule has 47 heavy (non-hydrogen) atoms. The molecule has 0 saturated heterocycles. The van der Waals surface area contributed by atoms with Gasteiger partial charge in [0, 0.05) is 29.1 Å². The zero-order chi connectivity index (χ0) is 33.4. The standard InChI is InChI=1S/C37H39Cl2N3O4S/c1-27-32(38)22-13-23-34(27)42(47(45,46)31-19-9-4-10-20-31)26-36(43)41(25-29-16-11-12-21-33(29)39)35(24-28-14-5-2-6-15-28)37(44)40-30-17-7-3-8-18-30/h2,4-6,9-16,19-23,30,35H,3,7-8,17-18,24-26H2,1H3,(H,40,44). The van der Waals surface area contributed by atoms with Gasteiger partial charge in [0.2, 0.25) is 11.8 Å². The van der Waals surface area contributed by atoms with E-state index in [0.29, 0.717) is 21.2 Å². The van der Waals surface area contributed by atoms with E-state index in [1.807, 2.05) is 36.4 Å². The van der Waals surface area contributed by atoms with Crippen LogP contribution in [0.3, 0.4) is 0 Å². The van der Waals surface area contributed by atoms with Crippen molar-refractivity contribution in [2.24, 2.45) is 0 Å². The Morgan fingerprint density at radius 2 is 1.43 bits per heavy atom. The van der Waals surface area contributed by atoms with Crippen LogP contribution in [-0.2, 0) is 32.6 Å². The lowest BCUT2D eigenvalue weighted by molar-refractivity contribution is -0.140. The molecule has 0 spiro atoms. The molecule has 1 aliphatic carbocycles. The number of amides is 2. The second-order valence-electron chi connectivity index (χ2n) is 11.9. The molecule has 246 valence electrons. The van der Waals surface area contributed by atoms with E-state index in [1.54, 1.807) is 61.5 Å². The third-order valence-electron chi connectivity index (χ3n) is 8.64. The summed E-state index contributed by atoms with van der Waals surface area (Å²) >= 11 is 13.1. The maximum absolute atomic E-state index is 14.7. The summed E-state index contributed by atoms with van der Waals surface area (Å²) in [5.74, 6) is -0.832. The summed E-state index contributed by atoms with van der Waals surface area (Å²) in [6.45, 7) is 1.15. The lowest BCUT2D eigenvalue weighted by atomic mass is 9.94. The van der Waals surface area contributed by atoms with E-state index in [9.17, 15) is 18.0 Å². The number of benzene rings is 4. The number of carbonyl (C=O) groups excluding carboxylic acids is 2. The second kappa shape index (κ2) is 15.8. The highest BCUT2D eigenvalue weighted by molar-refractivity contribution is 7.92. The molecule has 0 bridgehead atoms. The number of nitrogens with zero attached hydrogens (tertiary/aromatic N) is 2. The molecule has 0 heterocycles. The van der Waals surface area contributed by atoms with Crippen molar-refractivity contribution in [3.05, 3.63) is 130 Å². The van der Waals surface area contributed by atoms with Gasteiger partial charge in [0.05, 0.1) is 10.6 Å². The highest BCUT2D eigenvalue weighted by Crippen LogP contribution is 2.32. The average molecular weight is 693 g/mol. The minimum absolute atomic E-state index is 0.00183. The average Bonchev–Trinajstić information content (AvgIpc) is 3.08. The van der Waals surface area contributed by atoms with Crippen LogP contribution in [0.25, 0.3) is 0 Å². The number of hydrogen-bond donors (Lipinski definition) is 1. The Labute approximate surface area is 287 Å². The van der Waals surface area contributed by atoms with Crippen LogP contribution in [0.5, 0.6) is 0 Å². The first-order valence-corrected chi connectivity index (χ1v) is 18.0. The Morgan fingerprint density at radius 3 is 2.11 bits per heavy atom. The summed E-state index contributed by atoms with van der Waals surface area (Å²) in [5.41, 5.74) is 2.30. The fourth-order valence-corrected chi connectivity index (χ4v) is 7.87. The van der Waals surface area contributed by atoms with Crippen LogP contribution < -0.4 is 9.62 Å². The van der Waals surface area contributed by atoms with Crippen molar-refractivity contribution in [2.45, 2.75) is 69.0 Å². The lowest BCUT2D eigenvalue weighted by Gasteiger charge is -2.35.